The summed E-state index contributed by atoms with van der Waals surface area (Å²) in [6.45, 7) is 4.27. The average Bonchev–Trinajstić information content (AvgIpc) is 3.22. The van der Waals surface area contributed by atoms with Crippen LogP contribution >= 0.6 is 11.3 Å². The first kappa shape index (κ1) is 18.6. The maximum atomic E-state index is 10.3. The molecule has 0 aliphatic carbocycles. The van der Waals surface area contributed by atoms with Gasteiger partial charge in [-0.2, -0.15) is 5.26 Å². The highest BCUT2D eigenvalue weighted by Crippen LogP contribution is 2.28. The molecule has 28 heavy (non-hydrogen) atoms. The van der Waals surface area contributed by atoms with Crippen molar-refractivity contribution in [3.63, 3.8) is 0 Å². The van der Waals surface area contributed by atoms with Gasteiger partial charge in [-0.25, -0.2) is 9.97 Å². The van der Waals surface area contributed by atoms with Gasteiger partial charge >= 0.3 is 0 Å². The number of rotatable bonds is 6. The van der Waals surface area contributed by atoms with Crippen LogP contribution in [0.1, 0.15) is 5.56 Å². The zero-order chi connectivity index (χ0) is 19.3. The number of nitriles is 1. The zero-order valence-electron chi connectivity index (χ0n) is 15.4. The lowest BCUT2D eigenvalue weighted by atomic mass is 10.2. The Balaban J connectivity index is 1.26. The number of aromatic nitrogens is 2. The third-order valence-corrected chi connectivity index (χ3v) is 5.69. The van der Waals surface area contributed by atoms with E-state index >= 15 is 0 Å². The summed E-state index contributed by atoms with van der Waals surface area (Å²) in [5.41, 5.74) is 1.59. The molecule has 144 valence electrons. The molecule has 3 aromatic rings. The first-order valence-electron chi connectivity index (χ1n) is 9.19. The lowest BCUT2D eigenvalue weighted by molar-refractivity contribution is 0.0663. The molecule has 0 amide bonds. The maximum absolute atomic E-state index is 10.3. The van der Waals surface area contributed by atoms with E-state index in [9.17, 15) is 5.11 Å². The first-order valence-corrected chi connectivity index (χ1v) is 10.1. The number of hydrogen-bond acceptors (Lipinski definition) is 8. The standard InChI is InChI=1S/C20H21N5O2S/c21-11-15-1-3-17(4-2-15)27-13-16(26)12-24-6-8-25(9-7-24)20-19-18(5-10-28-19)22-14-23-20/h1-5,10,14,16,26H,6-9,12-13H2/t16-/m1/s1. The van der Waals surface area contributed by atoms with Crippen molar-refractivity contribution in [1.29, 1.82) is 5.26 Å². The van der Waals surface area contributed by atoms with Crippen LogP contribution in [-0.4, -0.2) is 65.4 Å². The summed E-state index contributed by atoms with van der Waals surface area (Å²) < 4.78 is 6.76. The van der Waals surface area contributed by atoms with E-state index in [1.165, 1.54) is 0 Å². The number of benzene rings is 1. The molecule has 0 bridgehead atoms. The molecule has 2 aromatic heterocycles. The minimum atomic E-state index is -0.565. The van der Waals surface area contributed by atoms with Gasteiger partial charge in [0, 0.05) is 32.7 Å². The number of piperazine rings is 1. The predicted molar refractivity (Wildman–Crippen MR) is 109 cm³/mol. The molecule has 8 heteroatoms. The van der Waals surface area contributed by atoms with E-state index in [-0.39, 0.29) is 6.61 Å². The number of hydrogen-bond donors (Lipinski definition) is 1. The third kappa shape index (κ3) is 4.22. The summed E-state index contributed by atoms with van der Waals surface area (Å²) in [4.78, 5) is 13.3. The van der Waals surface area contributed by atoms with Gasteiger partial charge in [-0.3, -0.25) is 4.90 Å². The molecular weight excluding hydrogens is 374 g/mol. The molecule has 1 aromatic carbocycles. The highest BCUT2D eigenvalue weighted by molar-refractivity contribution is 7.17. The van der Waals surface area contributed by atoms with Crippen molar-refractivity contribution in [1.82, 2.24) is 14.9 Å². The molecule has 1 fully saturated rings. The van der Waals surface area contributed by atoms with Crippen LogP contribution in [0.15, 0.2) is 42.0 Å². The number of aliphatic hydroxyl groups is 1. The SMILES string of the molecule is N#Cc1ccc(OC[C@H](O)CN2CCN(c3ncnc4ccsc34)CC2)cc1. The quantitative estimate of drug-likeness (QED) is 0.684. The fraction of sp³-hybridized carbons (Fsp3) is 0.350. The highest BCUT2D eigenvalue weighted by Gasteiger charge is 2.22. The number of nitrogens with zero attached hydrogens (tertiary/aromatic N) is 5. The van der Waals surface area contributed by atoms with E-state index in [0.717, 1.165) is 42.2 Å². The lowest BCUT2D eigenvalue weighted by Gasteiger charge is -2.36. The van der Waals surface area contributed by atoms with Gasteiger partial charge in [-0.05, 0) is 35.7 Å². The molecule has 0 spiro atoms. The van der Waals surface area contributed by atoms with Gasteiger partial charge in [0.05, 0.1) is 21.8 Å². The number of aliphatic hydroxyl groups excluding tert-OH is 1. The molecular formula is C20H21N5O2S. The Hall–Kier alpha value is -2.73. The fourth-order valence-electron chi connectivity index (χ4n) is 3.31. The van der Waals surface area contributed by atoms with Gasteiger partial charge in [-0.15, -0.1) is 11.3 Å². The Bertz CT molecular complexity index is 961. The average molecular weight is 395 g/mol. The molecule has 1 aliphatic rings. The highest BCUT2D eigenvalue weighted by atomic mass is 32.1. The van der Waals surface area contributed by atoms with Gasteiger partial charge in [0.2, 0.25) is 0 Å². The second-order valence-electron chi connectivity index (χ2n) is 6.72. The van der Waals surface area contributed by atoms with Crippen LogP contribution in [0.4, 0.5) is 5.82 Å². The molecule has 1 aliphatic heterocycles. The van der Waals surface area contributed by atoms with Crippen LogP contribution in [0.3, 0.4) is 0 Å². The Labute approximate surface area is 167 Å². The molecule has 7 nitrogen and oxygen atoms in total. The largest absolute Gasteiger partial charge is 0.491 e. The van der Waals surface area contributed by atoms with Gasteiger partial charge in [0.15, 0.2) is 0 Å². The number of thiophene rings is 1. The van der Waals surface area contributed by atoms with Gasteiger partial charge in [0.25, 0.3) is 0 Å². The second-order valence-corrected chi connectivity index (χ2v) is 7.64. The van der Waals surface area contributed by atoms with Crippen LogP contribution in [0.5, 0.6) is 5.75 Å². The number of β-amino-alcohol motifs (C(OH)–C–C–N with tert-alkyl or cyclic N) is 1. The minimum absolute atomic E-state index is 0.230. The van der Waals surface area contributed by atoms with Gasteiger partial charge in [0.1, 0.15) is 30.6 Å². The van der Waals surface area contributed by atoms with Crippen LogP contribution in [0.2, 0.25) is 0 Å². The predicted octanol–water partition coefficient (Wildman–Crippen LogP) is 2.12. The topological polar surface area (TPSA) is 85.5 Å². The molecule has 1 atom stereocenters. The van der Waals surface area contributed by atoms with Gasteiger partial charge in [-0.1, -0.05) is 0 Å². The Kier molecular flexibility index (Phi) is 5.67. The summed E-state index contributed by atoms with van der Waals surface area (Å²) >= 11 is 1.67. The zero-order valence-corrected chi connectivity index (χ0v) is 16.2. The Morgan fingerprint density at radius 3 is 2.68 bits per heavy atom. The van der Waals surface area contributed by atoms with E-state index < -0.39 is 6.10 Å². The van der Waals surface area contributed by atoms with E-state index in [2.05, 4.69) is 25.8 Å². The molecule has 1 saturated heterocycles. The van der Waals surface area contributed by atoms with Crippen LogP contribution in [0.25, 0.3) is 10.2 Å². The van der Waals surface area contributed by atoms with Crippen molar-refractivity contribution >= 4 is 27.4 Å². The van der Waals surface area contributed by atoms with Crippen molar-refractivity contribution in [3.8, 4) is 11.8 Å². The fourth-order valence-corrected chi connectivity index (χ4v) is 4.17. The van der Waals surface area contributed by atoms with E-state index in [1.54, 1.807) is 41.9 Å². The van der Waals surface area contributed by atoms with Crippen molar-refractivity contribution in [2.24, 2.45) is 0 Å². The Morgan fingerprint density at radius 2 is 1.93 bits per heavy atom. The summed E-state index contributed by atoms with van der Waals surface area (Å²) in [6, 6.07) is 11.0. The van der Waals surface area contributed by atoms with E-state index in [0.29, 0.717) is 17.9 Å². The first-order chi connectivity index (χ1) is 13.7. The minimum Gasteiger partial charge on any atom is -0.491 e. The smallest absolute Gasteiger partial charge is 0.150 e. The van der Waals surface area contributed by atoms with E-state index in [1.807, 2.05) is 11.4 Å². The maximum Gasteiger partial charge on any atom is 0.150 e. The monoisotopic (exact) mass is 395 g/mol. The number of ether oxygens (including phenoxy) is 1. The molecule has 1 N–H and O–H groups in total. The lowest BCUT2D eigenvalue weighted by Crippen LogP contribution is -2.49. The number of anilines is 1. The van der Waals surface area contributed by atoms with Crippen molar-refractivity contribution in [3.05, 3.63) is 47.6 Å². The summed E-state index contributed by atoms with van der Waals surface area (Å²) in [7, 11) is 0. The van der Waals surface area contributed by atoms with Crippen LogP contribution in [0, 0.1) is 11.3 Å². The normalized spacial score (nSPS) is 16.1. The van der Waals surface area contributed by atoms with Crippen molar-refractivity contribution in [2.45, 2.75) is 6.10 Å². The van der Waals surface area contributed by atoms with Crippen molar-refractivity contribution < 1.29 is 9.84 Å². The second kappa shape index (κ2) is 8.52. The van der Waals surface area contributed by atoms with Crippen LogP contribution in [-0.2, 0) is 0 Å². The molecule has 3 heterocycles. The summed E-state index contributed by atoms with van der Waals surface area (Å²) in [5.74, 6) is 1.66. The molecule has 0 saturated carbocycles. The molecule has 0 unspecified atom stereocenters. The summed E-state index contributed by atoms with van der Waals surface area (Å²) in [6.07, 6.45) is 1.06. The number of fused-ring (bicyclic) bond motifs is 1. The Morgan fingerprint density at radius 1 is 1.14 bits per heavy atom. The van der Waals surface area contributed by atoms with Crippen LogP contribution < -0.4 is 9.64 Å². The summed E-state index contributed by atoms with van der Waals surface area (Å²) in [5, 5.41) is 21.2. The molecule has 0 radical (unpaired) electrons. The molecule has 4 rings (SSSR count). The third-order valence-electron chi connectivity index (χ3n) is 4.79. The van der Waals surface area contributed by atoms with Crippen molar-refractivity contribution in [2.75, 3.05) is 44.2 Å². The van der Waals surface area contributed by atoms with Gasteiger partial charge < -0.3 is 14.7 Å². The van der Waals surface area contributed by atoms with E-state index in [4.69, 9.17) is 10.00 Å².